The molecule has 2 bridgehead atoms. The molecule has 0 atom stereocenters. The molecule has 1 fully saturated rings. The number of carbonyl (C=O) groups is 2. The lowest BCUT2D eigenvalue weighted by atomic mass is 9.57. The van der Waals surface area contributed by atoms with Crippen molar-refractivity contribution in [3.8, 4) is 17.0 Å². The van der Waals surface area contributed by atoms with Crippen molar-refractivity contribution in [2.24, 2.45) is 0 Å². The Kier molecular flexibility index (Phi) is 6.39. The summed E-state index contributed by atoms with van der Waals surface area (Å²) in [5.41, 5.74) is 8.18. The van der Waals surface area contributed by atoms with Crippen LogP contribution in [0.25, 0.3) is 16.8 Å². The number of nitrogens with one attached hydrogen (secondary N) is 1. The second-order valence-corrected chi connectivity index (χ2v) is 10.4. The van der Waals surface area contributed by atoms with Crippen molar-refractivity contribution in [3.63, 3.8) is 0 Å². The van der Waals surface area contributed by atoms with Crippen LogP contribution < -0.4 is 15.8 Å². The Morgan fingerprint density at radius 1 is 1.17 bits per heavy atom. The van der Waals surface area contributed by atoms with Gasteiger partial charge in [0.1, 0.15) is 34.4 Å². The van der Waals surface area contributed by atoms with Gasteiger partial charge in [0, 0.05) is 40.7 Å². The lowest BCUT2D eigenvalue weighted by Gasteiger charge is -2.47. The van der Waals surface area contributed by atoms with Gasteiger partial charge in [-0.1, -0.05) is 5.57 Å². The zero-order valence-electron chi connectivity index (χ0n) is 22.3. The van der Waals surface area contributed by atoms with Crippen LogP contribution in [0, 0.1) is 0 Å². The fraction of sp³-hybridized carbons (Fsp3) is 0.276. The van der Waals surface area contributed by atoms with Crippen LogP contribution in [0.4, 0.5) is 24.8 Å². The summed E-state index contributed by atoms with van der Waals surface area (Å²) in [6.45, 7) is 2.04. The van der Waals surface area contributed by atoms with E-state index in [4.69, 9.17) is 15.5 Å². The Morgan fingerprint density at radius 3 is 2.62 bits per heavy atom. The van der Waals surface area contributed by atoms with Crippen LogP contribution in [0.3, 0.4) is 0 Å². The molecule has 0 aliphatic heterocycles. The summed E-state index contributed by atoms with van der Waals surface area (Å²) in [5, 5.41) is 11.9. The van der Waals surface area contributed by atoms with Crippen molar-refractivity contribution in [1.82, 2.24) is 19.4 Å². The molecule has 10 nitrogen and oxygen atoms in total. The third-order valence-corrected chi connectivity index (χ3v) is 7.83. The number of alkyl halides is 3. The number of nitrogens with two attached hydrogens (primary N) is 1. The molecular formula is C29H25F3N6O4. The fourth-order valence-corrected chi connectivity index (χ4v) is 5.85. The van der Waals surface area contributed by atoms with Crippen LogP contribution in [0.1, 0.15) is 54.4 Å². The highest BCUT2D eigenvalue weighted by atomic mass is 19.4. The number of carboxylic acids is 1. The maximum atomic E-state index is 13.1. The van der Waals surface area contributed by atoms with Gasteiger partial charge in [0.05, 0.1) is 12.2 Å². The van der Waals surface area contributed by atoms with Gasteiger partial charge < -0.3 is 20.9 Å². The minimum atomic E-state index is -4.58. The zero-order chi connectivity index (χ0) is 29.8. The molecule has 3 aromatic heterocycles. The number of aromatic nitrogens is 4. The number of imidazole rings is 1. The predicted octanol–water partition coefficient (Wildman–Crippen LogP) is 5.25. The van der Waals surface area contributed by atoms with Crippen LogP contribution in [0.15, 0.2) is 60.1 Å². The number of pyridine rings is 1. The maximum Gasteiger partial charge on any atom is 0.416 e. The third-order valence-electron chi connectivity index (χ3n) is 7.83. The van der Waals surface area contributed by atoms with Crippen molar-refractivity contribution in [3.05, 3.63) is 77.0 Å². The zero-order valence-corrected chi connectivity index (χ0v) is 22.3. The quantitative estimate of drug-likeness (QED) is 0.270. The van der Waals surface area contributed by atoms with Gasteiger partial charge in [0.15, 0.2) is 0 Å². The van der Waals surface area contributed by atoms with E-state index in [2.05, 4.69) is 15.3 Å². The SMILES string of the molecule is CCOc1cc(C(=O)Nc2cc(C(F)(F)F)ccn2)ccc1-c1nc(C23CCC(C(=O)O)=C(C2)C3)n2ccnc(N)c12. The number of halogens is 3. The second-order valence-electron chi connectivity index (χ2n) is 10.4. The summed E-state index contributed by atoms with van der Waals surface area (Å²) in [5.74, 6) is -0.494. The molecule has 3 aliphatic carbocycles. The van der Waals surface area contributed by atoms with Crippen LogP contribution in [-0.2, 0) is 16.4 Å². The van der Waals surface area contributed by atoms with Crippen molar-refractivity contribution in [2.75, 3.05) is 17.7 Å². The molecule has 4 aromatic rings. The van der Waals surface area contributed by atoms with Gasteiger partial charge in [-0.25, -0.2) is 19.7 Å². The highest BCUT2D eigenvalue weighted by molar-refractivity contribution is 6.04. The molecule has 4 N–H and O–H groups in total. The number of nitrogens with zero attached hydrogens (tertiary/aromatic N) is 4. The summed E-state index contributed by atoms with van der Waals surface area (Å²) in [4.78, 5) is 37.7. The third kappa shape index (κ3) is 4.50. The standard InChI is InChI=1S/C29H25F3N6O4/c1-2-42-20-11-15(25(39)36-21-12-17(6-8-34-21)29(30,31)32)3-4-19(20)22-23-24(33)35-9-10-38(23)27(37-22)28-7-5-18(26(40)41)16(13-28)14-28/h3-4,6,8-12H,2,5,7,13-14H2,1H3,(H2,33,35)(H,40,41)(H,34,36,39). The molecule has 1 aromatic carbocycles. The Labute approximate surface area is 237 Å². The largest absolute Gasteiger partial charge is 0.493 e. The lowest BCUT2D eigenvalue weighted by molar-refractivity contribution is -0.137. The van der Waals surface area contributed by atoms with E-state index in [9.17, 15) is 27.9 Å². The first-order chi connectivity index (χ1) is 20.0. The molecule has 7 rings (SSSR count). The van der Waals surface area contributed by atoms with E-state index in [0.717, 1.165) is 29.7 Å². The molecule has 0 unspecified atom stereocenters. The van der Waals surface area contributed by atoms with Gasteiger partial charge >= 0.3 is 12.1 Å². The Morgan fingerprint density at radius 2 is 1.95 bits per heavy atom. The highest BCUT2D eigenvalue weighted by Gasteiger charge is 2.50. The number of hydrogen-bond donors (Lipinski definition) is 3. The minimum absolute atomic E-state index is 0.136. The minimum Gasteiger partial charge on any atom is -0.493 e. The van der Waals surface area contributed by atoms with Gasteiger partial charge in [-0.15, -0.1) is 0 Å². The smallest absolute Gasteiger partial charge is 0.416 e. The first kappa shape index (κ1) is 27.2. The summed E-state index contributed by atoms with van der Waals surface area (Å²) >= 11 is 0. The van der Waals surface area contributed by atoms with E-state index in [1.54, 1.807) is 25.4 Å². The van der Waals surface area contributed by atoms with E-state index in [-0.39, 0.29) is 29.2 Å². The molecule has 0 radical (unpaired) electrons. The summed E-state index contributed by atoms with van der Waals surface area (Å²) in [6, 6.07) is 6.22. The highest BCUT2D eigenvalue weighted by Crippen LogP contribution is 2.56. The van der Waals surface area contributed by atoms with Crippen molar-refractivity contribution >= 4 is 29.0 Å². The number of carboxylic acid groups (broad SMARTS) is 1. The molecule has 13 heteroatoms. The molecule has 216 valence electrons. The average molecular weight is 579 g/mol. The number of aliphatic carboxylic acids is 1. The Balaban J connectivity index is 1.38. The number of fused-ring (bicyclic) bond motifs is 3. The number of amides is 1. The van der Waals surface area contributed by atoms with Crippen LogP contribution in [0.2, 0.25) is 0 Å². The average Bonchev–Trinajstić information content (AvgIpc) is 3.33. The van der Waals surface area contributed by atoms with E-state index in [1.165, 1.54) is 12.1 Å². The van der Waals surface area contributed by atoms with Crippen LogP contribution in [0.5, 0.6) is 5.75 Å². The molecule has 3 heterocycles. The van der Waals surface area contributed by atoms with E-state index in [1.807, 2.05) is 4.40 Å². The van der Waals surface area contributed by atoms with Crippen LogP contribution in [-0.4, -0.2) is 42.9 Å². The van der Waals surface area contributed by atoms with Gasteiger partial charge in [0.25, 0.3) is 5.91 Å². The number of hydrogen-bond acceptors (Lipinski definition) is 7. The molecular weight excluding hydrogens is 553 g/mol. The van der Waals surface area contributed by atoms with Gasteiger partial charge in [-0.3, -0.25) is 9.20 Å². The molecule has 0 spiro atoms. The molecule has 42 heavy (non-hydrogen) atoms. The number of anilines is 2. The predicted molar refractivity (Wildman–Crippen MR) is 146 cm³/mol. The first-order valence-electron chi connectivity index (χ1n) is 13.2. The van der Waals surface area contributed by atoms with Crippen molar-refractivity contribution < 1.29 is 32.6 Å². The molecule has 0 saturated heterocycles. The number of allylic oxidation sites excluding steroid dienone is 1. The first-order valence-corrected chi connectivity index (χ1v) is 13.2. The van der Waals surface area contributed by atoms with Crippen molar-refractivity contribution in [1.29, 1.82) is 0 Å². The second kappa shape index (κ2) is 9.86. The monoisotopic (exact) mass is 578 g/mol. The summed E-state index contributed by atoms with van der Waals surface area (Å²) in [6.07, 6.45) is 2.00. The summed E-state index contributed by atoms with van der Waals surface area (Å²) < 4.78 is 47.1. The van der Waals surface area contributed by atoms with E-state index in [0.29, 0.717) is 53.8 Å². The molecule has 1 amide bonds. The lowest BCUT2D eigenvalue weighted by Crippen LogP contribution is -2.43. The fourth-order valence-electron chi connectivity index (χ4n) is 5.85. The van der Waals surface area contributed by atoms with E-state index < -0.39 is 23.6 Å². The maximum absolute atomic E-state index is 13.1. The van der Waals surface area contributed by atoms with Gasteiger partial charge in [-0.05, 0) is 62.9 Å². The molecule has 3 aliphatic rings. The Hall–Kier alpha value is -4.94. The number of nitrogen functional groups attached to an aromatic ring is 1. The Bertz CT molecular complexity index is 1790. The topological polar surface area (TPSA) is 145 Å². The van der Waals surface area contributed by atoms with Crippen molar-refractivity contribution in [2.45, 2.75) is 44.2 Å². The number of carbonyl (C=O) groups excluding carboxylic acids is 1. The number of ether oxygens (including phenoxy) is 1. The van der Waals surface area contributed by atoms with Crippen LogP contribution >= 0.6 is 0 Å². The number of benzene rings is 1. The van der Waals surface area contributed by atoms with Gasteiger partial charge in [0.2, 0.25) is 0 Å². The van der Waals surface area contributed by atoms with Gasteiger partial charge in [-0.2, -0.15) is 13.2 Å². The molecule has 1 saturated carbocycles. The normalized spacial score (nSPS) is 15.8. The number of rotatable bonds is 7. The summed E-state index contributed by atoms with van der Waals surface area (Å²) in [7, 11) is 0. The van der Waals surface area contributed by atoms with E-state index >= 15 is 0 Å².